The number of aromatic amines is 1. The van der Waals surface area contributed by atoms with Gasteiger partial charge in [0.25, 0.3) is 0 Å². The largest absolute Gasteiger partial charge is 0.495 e. The lowest BCUT2D eigenvalue weighted by Gasteiger charge is -2.07. The summed E-state index contributed by atoms with van der Waals surface area (Å²) in [5.41, 5.74) is 0.911. The highest BCUT2D eigenvalue weighted by Gasteiger charge is 2.17. The Kier molecular flexibility index (Phi) is 3.96. The van der Waals surface area contributed by atoms with E-state index >= 15 is 0 Å². The van der Waals surface area contributed by atoms with Crippen molar-refractivity contribution < 1.29 is 14.3 Å². The first-order valence-electron chi connectivity index (χ1n) is 5.39. The van der Waals surface area contributed by atoms with Crippen LogP contribution < -0.4 is 4.74 Å². The van der Waals surface area contributed by atoms with E-state index in [0.29, 0.717) is 17.3 Å². The smallest absolute Gasteiger partial charge is 0.342 e. The summed E-state index contributed by atoms with van der Waals surface area (Å²) in [4.78, 5) is 19.7. The second-order valence-electron chi connectivity index (χ2n) is 3.70. The topological polar surface area (TPSA) is 64.2 Å². The van der Waals surface area contributed by atoms with Crippen molar-refractivity contribution in [3.63, 3.8) is 0 Å². The molecule has 0 unspecified atom stereocenters. The van der Waals surface area contributed by atoms with E-state index in [1.165, 1.54) is 18.4 Å². The molecule has 0 amide bonds. The second kappa shape index (κ2) is 5.50. The minimum atomic E-state index is -0.490. The molecular weight excluding hydrogens is 284 g/mol. The van der Waals surface area contributed by atoms with Gasteiger partial charge in [-0.3, -0.25) is 0 Å². The van der Waals surface area contributed by atoms with Crippen LogP contribution in [0, 0.1) is 11.6 Å². The molecule has 0 fully saturated rings. The molecule has 0 aromatic carbocycles. The van der Waals surface area contributed by atoms with Crippen LogP contribution in [0.5, 0.6) is 5.75 Å². The lowest BCUT2D eigenvalue weighted by atomic mass is 10.2. The lowest BCUT2D eigenvalue weighted by Crippen LogP contribution is -2.08. The molecule has 0 saturated heterocycles. The van der Waals surface area contributed by atoms with E-state index in [-0.39, 0.29) is 10.2 Å². The highest BCUT2D eigenvalue weighted by molar-refractivity contribution is 7.71. The van der Waals surface area contributed by atoms with Crippen LogP contribution in [0.3, 0.4) is 0 Å². The summed E-state index contributed by atoms with van der Waals surface area (Å²) in [6, 6.07) is 1.85. The zero-order valence-corrected chi connectivity index (χ0v) is 12.3. The Hall–Kier alpha value is -1.73. The zero-order valence-electron chi connectivity index (χ0n) is 10.6. The maximum atomic E-state index is 11.6. The van der Waals surface area contributed by atoms with Gasteiger partial charge in [-0.15, -0.1) is 11.3 Å². The third-order valence-electron chi connectivity index (χ3n) is 2.56. The quantitative estimate of drug-likeness (QED) is 0.697. The Balaban J connectivity index is 2.58. The number of nitrogens with zero attached hydrogens (tertiary/aromatic N) is 1. The fourth-order valence-electron chi connectivity index (χ4n) is 1.67. The minimum Gasteiger partial charge on any atom is -0.495 e. The standard InChI is InChI=1S/C12H12N2O3S2/c1-6-8(12(15)17-3)11(18)14-10(13-6)9-7(16-2)4-5-19-9/h4-5H,1-3H3,(H,13,14,18). The molecule has 0 aliphatic rings. The number of aryl methyl sites for hydroxylation is 1. The Morgan fingerprint density at radius 1 is 1.47 bits per heavy atom. The molecule has 0 saturated carbocycles. The fourth-order valence-corrected chi connectivity index (χ4v) is 2.80. The molecule has 0 bridgehead atoms. The summed E-state index contributed by atoms with van der Waals surface area (Å²) in [5.74, 6) is 0.811. The molecule has 100 valence electrons. The summed E-state index contributed by atoms with van der Waals surface area (Å²) in [5, 5.41) is 1.90. The van der Waals surface area contributed by atoms with Gasteiger partial charge in [0.05, 0.1) is 14.2 Å². The number of hydrogen-bond donors (Lipinski definition) is 1. The first kappa shape index (κ1) is 13.7. The molecule has 0 radical (unpaired) electrons. The molecule has 2 heterocycles. The third kappa shape index (κ3) is 2.52. The number of ether oxygens (including phenoxy) is 2. The summed E-state index contributed by atoms with van der Waals surface area (Å²) in [6.45, 7) is 1.76. The van der Waals surface area contributed by atoms with Gasteiger partial charge in [0, 0.05) is 5.69 Å². The van der Waals surface area contributed by atoms with Crippen LogP contribution in [-0.4, -0.2) is 30.2 Å². The number of carbonyl (C=O) groups is 1. The molecule has 2 aromatic rings. The molecule has 0 atom stereocenters. The van der Waals surface area contributed by atoms with E-state index in [1.54, 1.807) is 14.0 Å². The van der Waals surface area contributed by atoms with Crippen LogP contribution >= 0.6 is 23.6 Å². The maximum Gasteiger partial charge on any atom is 0.342 e. The summed E-state index contributed by atoms with van der Waals surface area (Å²) in [6.07, 6.45) is 0. The van der Waals surface area contributed by atoms with Gasteiger partial charge in [0.1, 0.15) is 20.8 Å². The predicted octanol–water partition coefficient (Wildman–Crippen LogP) is 2.97. The summed E-state index contributed by atoms with van der Waals surface area (Å²) in [7, 11) is 2.91. The molecule has 2 aromatic heterocycles. The van der Waals surface area contributed by atoms with E-state index in [1.807, 2.05) is 11.4 Å². The first-order valence-corrected chi connectivity index (χ1v) is 6.68. The van der Waals surface area contributed by atoms with Crippen LogP contribution in [0.4, 0.5) is 0 Å². The number of thiophene rings is 1. The molecule has 19 heavy (non-hydrogen) atoms. The van der Waals surface area contributed by atoms with Gasteiger partial charge in [-0.1, -0.05) is 12.2 Å². The van der Waals surface area contributed by atoms with Crippen molar-refractivity contribution in [3.05, 3.63) is 27.3 Å². The third-order valence-corrected chi connectivity index (χ3v) is 3.76. The van der Waals surface area contributed by atoms with Crippen LogP contribution in [0.25, 0.3) is 10.7 Å². The fraction of sp³-hybridized carbons (Fsp3) is 0.250. The molecule has 2 rings (SSSR count). The van der Waals surface area contributed by atoms with Crippen LogP contribution in [0.2, 0.25) is 0 Å². The van der Waals surface area contributed by atoms with E-state index in [2.05, 4.69) is 14.7 Å². The minimum absolute atomic E-state index is 0.216. The highest BCUT2D eigenvalue weighted by atomic mass is 32.1. The van der Waals surface area contributed by atoms with Crippen LogP contribution in [0.1, 0.15) is 16.1 Å². The van der Waals surface area contributed by atoms with E-state index in [0.717, 1.165) is 4.88 Å². The maximum absolute atomic E-state index is 11.6. The van der Waals surface area contributed by atoms with Crippen molar-refractivity contribution in [2.24, 2.45) is 0 Å². The number of esters is 1. The number of nitrogens with one attached hydrogen (secondary N) is 1. The summed E-state index contributed by atoms with van der Waals surface area (Å²) < 4.78 is 10.1. The van der Waals surface area contributed by atoms with Crippen molar-refractivity contribution in [1.82, 2.24) is 9.97 Å². The monoisotopic (exact) mass is 296 g/mol. The normalized spacial score (nSPS) is 10.3. The number of rotatable bonds is 3. The number of carbonyl (C=O) groups excluding carboxylic acids is 1. The van der Waals surface area contributed by atoms with Gasteiger partial charge < -0.3 is 14.5 Å². The Morgan fingerprint density at radius 2 is 2.21 bits per heavy atom. The number of H-pyrrole nitrogens is 1. The molecule has 5 nitrogen and oxygen atoms in total. The zero-order chi connectivity index (χ0) is 14.0. The first-order chi connectivity index (χ1) is 9.08. The van der Waals surface area contributed by atoms with Crippen molar-refractivity contribution in [2.75, 3.05) is 14.2 Å². The Bertz CT molecular complexity index is 676. The Labute approximate surface area is 119 Å². The predicted molar refractivity (Wildman–Crippen MR) is 75.4 cm³/mol. The van der Waals surface area contributed by atoms with Gasteiger partial charge in [0.2, 0.25) is 0 Å². The molecule has 1 N–H and O–H groups in total. The van der Waals surface area contributed by atoms with E-state index in [4.69, 9.17) is 17.0 Å². The Morgan fingerprint density at radius 3 is 2.79 bits per heavy atom. The highest BCUT2D eigenvalue weighted by Crippen LogP contribution is 2.33. The van der Waals surface area contributed by atoms with Crippen molar-refractivity contribution >= 4 is 29.5 Å². The number of methoxy groups -OCH3 is 2. The number of hydrogen-bond acceptors (Lipinski definition) is 6. The van der Waals surface area contributed by atoms with Crippen LogP contribution in [0.15, 0.2) is 11.4 Å². The van der Waals surface area contributed by atoms with Crippen LogP contribution in [-0.2, 0) is 4.74 Å². The van der Waals surface area contributed by atoms with E-state index < -0.39 is 5.97 Å². The van der Waals surface area contributed by atoms with Gasteiger partial charge in [-0.05, 0) is 18.4 Å². The SMILES string of the molecule is COC(=O)c1c(C)[nH]c(-c2sccc2OC)nc1=S. The lowest BCUT2D eigenvalue weighted by molar-refractivity contribution is 0.0598. The van der Waals surface area contributed by atoms with Crippen molar-refractivity contribution in [1.29, 1.82) is 0 Å². The molecule has 0 spiro atoms. The van der Waals surface area contributed by atoms with Gasteiger partial charge >= 0.3 is 5.97 Å². The molecule has 7 heteroatoms. The second-order valence-corrected chi connectivity index (χ2v) is 5.00. The van der Waals surface area contributed by atoms with Crippen molar-refractivity contribution in [3.8, 4) is 16.5 Å². The average molecular weight is 296 g/mol. The van der Waals surface area contributed by atoms with Gasteiger partial charge in [-0.25, -0.2) is 9.78 Å². The average Bonchev–Trinajstić information content (AvgIpc) is 2.85. The summed E-state index contributed by atoms with van der Waals surface area (Å²) >= 11 is 6.64. The molecule has 0 aliphatic carbocycles. The molecular formula is C12H12N2O3S2. The van der Waals surface area contributed by atoms with Gasteiger partial charge in [-0.2, -0.15) is 0 Å². The molecule has 0 aliphatic heterocycles. The van der Waals surface area contributed by atoms with E-state index in [9.17, 15) is 4.79 Å². The van der Waals surface area contributed by atoms with Gasteiger partial charge in [0.15, 0.2) is 5.82 Å². The van der Waals surface area contributed by atoms with Crippen molar-refractivity contribution in [2.45, 2.75) is 6.92 Å². The number of aromatic nitrogens is 2.